The number of halogens is 2. The minimum Gasteiger partial charge on any atom is -0.496 e. The van der Waals surface area contributed by atoms with Gasteiger partial charge in [-0.2, -0.15) is 0 Å². The number of hydrogen-bond acceptors (Lipinski definition) is 8. The summed E-state index contributed by atoms with van der Waals surface area (Å²) >= 11 is 14.2. The molecule has 4 heterocycles. The van der Waals surface area contributed by atoms with Gasteiger partial charge in [-0.1, -0.05) is 59.6 Å². The Morgan fingerprint density at radius 3 is 2.21 bits per heavy atom. The summed E-state index contributed by atoms with van der Waals surface area (Å²) in [6.45, 7) is 7.87. The second-order valence-corrected chi connectivity index (χ2v) is 14.2. The van der Waals surface area contributed by atoms with Crippen molar-refractivity contribution in [2.45, 2.75) is 64.7 Å². The van der Waals surface area contributed by atoms with E-state index in [1.54, 1.807) is 34.3 Å². The standard InChI is InChI=1S/C40H46Cl2N6O4/c1-25(49)45-31-13-18-47(19-14-31)24-29-10-11-35(46-40(29)52-4)34-7-5-6-32(37(34)41)33-12-17-43-39(38(33)42)27-8-9-28(36(22-27)51-3)23-44-30-15-20-48(21-16-30)26(2)50/h5-12,17,22,30-31,44H,13-16,18-21,23-24H2,1-4H3,(H,45,49). The van der Waals surface area contributed by atoms with Gasteiger partial charge in [-0.15, -0.1) is 0 Å². The molecule has 12 heteroatoms. The van der Waals surface area contributed by atoms with E-state index in [9.17, 15) is 9.59 Å². The summed E-state index contributed by atoms with van der Waals surface area (Å²) in [6.07, 6.45) is 5.41. The van der Waals surface area contributed by atoms with E-state index in [0.29, 0.717) is 46.4 Å². The Bertz CT molecular complexity index is 1910. The average Bonchev–Trinajstić information content (AvgIpc) is 3.15. The Kier molecular flexibility index (Phi) is 12.3. The third-order valence-corrected chi connectivity index (χ3v) is 10.8. The zero-order valence-corrected chi connectivity index (χ0v) is 31.7. The Morgan fingerprint density at radius 2 is 1.52 bits per heavy atom. The molecule has 6 rings (SSSR count). The van der Waals surface area contributed by atoms with Crippen molar-refractivity contribution in [3.63, 3.8) is 0 Å². The number of aromatic nitrogens is 2. The van der Waals surface area contributed by atoms with Crippen molar-refractivity contribution in [1.82, 2.24) is 30.4 Å². The molecule has 0 aliphatic carbocycles. The first-order chi connectivity index (χ1) is 25.1. The van der Waals surface area contributed by atoms with Crippen LogP contribution >= 0.6 is 23.2 Å². The summed E-state index contributed by atoms with van der Waals surface area (Å²) in [5.74, 6) is 1.45. The highest BCUT2D eigenvalue weighted by Crippen LogP contribution is 2.42. The number of carbonyl (C=O) groups is 2. The molecular formula is C40H46Cl2N6O4. The molecule has 4 aromatic rings. The van der Waals surface area contributed by atoms with Crippen LogP contribution in [0.5, 0.6) is 11.6 Å². The van der Waals surface area contributed by atoms with E-state index in [1.165, 1.54) is 0 Å². The lowest BCUT2D eigenvalue weighted by molar-refractivity contribution is -0.130. The molecule has 2 fully saturated rings. The van der Waals surface area contributed by atoms with Gasteiger partial charge in [-0.25, -0.2) is 4.98 Å². The number of benzene rings is 2. The number of carbonyl (C=O) groups excluding carboxylic acids is 2. The quantitative estimate of drug-likeness (QED) is 0.169. The minimum absolute atomic E-state index is 0.0181. The van der Waals surface area contributed by atoms with Crippen LogP contribution in [0.3, 0.4) is 0 Å². The van der Waals surface area contributed by atoms with Crippen molar-refractivity contribution in [2.24, 2.45) is 0 Å². The maximum atomic E-state index is 11.7. The number of hydrogen-bond donors (Lipinski definition) is 2. The van der Waals surface area contributed by atoms with Gasteiger partial charge in [0.1, 0.15) is 5.75 Å². The van der Waals surface area contributed by atoms with Gasteiger partial charge in [-0.3, -0.25) is 19.5 Å². The van der Waals surface area contributed by atoms with Gasteiger partial charge in [0.2, 0.25) is 17.7 Å². The van der Waals surface area contributed by atoms with Gasteiger partial charge in [-0.05, 0) is 43.9 Å². The van der Waals surface area contributed by atoms with E-state index < -0.39 is 0 Å². The fraction of sp³-hybridized carbons (Fsp3) is 0.400. The molecule has 0 radical (unpaired) electrons. The molecule has 0 spiro atoms. The van der Waals surface area contributed by atoms with E-state index in [4.69, 9.17) is 37.7 Å². The van der Waals surface area contributed by atoms with Crippen molar-refractivity contribution < 1.29 is 19.1 Å². The molecule has 2 aliphatic heterocycles. The SMILES string of the molecule is COc1cc(-c2nccc(-c3cccc(-c4ccc(CN5CCC(NC(C)=O)CC5)c(OC)n4)c3Cl)c2Cl)ccc1CNC1CCN(C(C)=O)CC1. The van der Waals surface area contributed by atoms with Crippen molar-refractivity contribution in [1.29, 1.82) is 0 Å². The number of pyridine rings is 2. The third-order valence-electron chi connectivity index (χ3n) is 10.1. The Morgan fingerprint density at radius 1 is 0.827 bits per heavy atom. The van der Waals surface area contributed by atoms with Crippen LogP contribution in [0.2, 0.25) is 10.0 Å². The molecular weight excluding hydrogens is 699 g/mol. The van der Waals surface area contributed by atoms with Gasteiger partial charge in [0.15, 0.2) is 0 Å². The first kappa shape index (κ1) is 37.5. The van der Waals surface area contributed by atoms with Crippen LogP contribution in [-0.4, -0.2) is 84.1 Å². The number of amides is 2. The Balaban J connectivity index is 1.19. The zero-order valence-electron chi connectivity index (χ0n) is 30.2. The third kappa shape index (κ3) is 8.69. The number of ether oxygens (including phenoxy) is 2. The van der Waals surface area contributed by atoms with E-state index in [2.05, 4.69) is 20.5 Å². The molecule has 0 saturated carbocycles. The lowest BCUT2D eigenvalue weighted by Crippen LogP contribution is -2.43. The molecule has 2 aromatic carbocycles. The van der Waals surface area contributed by atoms with Crippen molar-refractivity contribution in [3.05, 3.63) is 82.0 Å². The molecule has 2 aromatic heterocycles. The van der Waals surface area contributed by atoms with Crippen LogP contribution in [0.15, 0.2) is 60.8 Å². The number of nitrogens with zero attached hydrogens (tertiary/aromatic N) is 4. The number of piperidine rings is 2. The summed E-state index contributed by atoms with van der Waals surface area (Å²) in [5, 5.41) is 7.67. The van der Waals surface area contributed by atoms with Gasteiger partial charge in [0, 0.05) is 105 Å². The van der Waals surface area contributed by atoms with Crippen molar-refractivity contribution in [2.75, 3.05) is 40.4 Å². The highest BCUT2D eigenvalue weighted by Gasteiger charge is 2.23. The van der Waals surface area contributed by atoms with Crippen LogP contribution in [-0.2, 0) is 22.7 Å². The van der Waals surface area contributed by atoms with Crippen LogP contribution in [0.25, 0.3) is 33.6 Å². The summed E-state index contributed by atoms with van der Waals surface area (Å²) < 4.78 is 11.6. The summed E-state index contributed by atoms with van der Waals surface area (Å²) in [5.41, 5.74) is 6.46. The molecule has 2 saturated heterocycles. The number of nitrogens with one attached hydrogen (secondary N) is 2. The van der Waals surface area contributed by atoms with Gasteiger partial charge in [0.25, 0.3) is 0 Å². The maximum absolute atomic E-state index is 11.7. The Labute approximate surface area is 315 Å². The second kappa shape index (κ2) is 17.1. The van der Waals surface area contributed by atoms with Gasteiger partial charge < -0.3 is 25.0 Å². The number of rotatable bonds is 11. The van der Waals surface area contributed by atoms with Crippen LogP contribution < -0.4 is 20.1 Å². The molecule has 10 nitrogen and oxygen atoms in total. The first-order valence-corrected chi connectivity index (χ1v) is 18.5. The van der Waals surface area contributed by atoms with Crippen LogP contribution in [0.1, 0.15) is 50.7 Å². The van der Waals surface area contributed by atoms with Crippen LogP contribution in [0, 0.1) is 0 Å². The predicted molar refractivity (Wildman–Crippen MR) is 206 cm³/mol. The fourth-order valence-electron chi connectivity index (χ4n) is 7.16. The highest BCUT2D eigenvalue weighted by atomic mass is 35.5. The van der Waals surface area contributed by atoms with Crippen LogP contribution in [0.4, 0.5) is 0 Å². The topological polar surface area (TPSA) is 109 Å². The molecule has 2 aliphatic rings. The van der Waals surface area contributed by atoms with E-state index >= 15 is 0 Å². The highest BCUT2D eigenvalue weighted by molar-refractivity contribution is 6.39. The van der Waals surface area contributed by atoms with Gasteiger partial charge >= 0.3 is 0 Å². The summed E-state index contributed by atoms with van der Waals surface area (Å²) in [4.78, 5) is 36.9. The largest absolute Gasteiger partial charge is 0.496 e. The molecule has 2 amide bonds. The molecule has 2 N–H and O–H groups in total. The van der Waals surface area contributed by atoms with Crippen molar-refractivity contribution >= 4 is 35.0 Å². The maximum Gasteiger partial charge on any atom is 0.219 e. The van der Waals surface area contributed by atoms with Gasteiger partial charge in [0.05, 0.1) is 35.7 Å². The molecule has 0 bridgehead atoms. The van der Waals surface area contributed by atoms with E-state index in [-0.39, 0.29) is 17.9 Å². The lowest BCUT2D eigenvalue weighted by atomic mass is 9.99. The van der Waals surface area contributed by atoms with Crippen molar-refractivity contribution in [3.8, 4) is 45.3 Å². The average molecular weight is 746 g/mol. The second-order valence-electron chi connectivity index (χ2n) is 13.5. The smallest absolute Gasteiger partial charge is 0.219 e. The normalized spacial score (nSPS) is 15.8. The predicted octanol–water partition coefficient (Wildman–Crippen LogP) is 7.00. The number of methoxy groups -OCH3 is 2. The van der Waals surface area contributed by atoms with E-state index in [0.717, 1.165) is 91.0 Å². The zero-order chi connectivity index (χ0) is 36.8. The molecule has 0 unspecified atom stereocenters. The molecule has 52 heavy (non-hydrogen) atoms. The van der Waals surface area contributed by atoms with E-state index in [1.807, 2.05) is 59.5 Å². The molecule has 0 atom stereocenters. The summed E-state index contributed by atoms with van der Waals surface area (Å²) in [7, 11) is 3.30. The monoisotopic (exact) mass is 744 g/mol. The fourth-order valence-corrected chi connectivity index (χ4v) is 7.81. The lowest BCUT2D eigenvalue weighted by Gasteiger charge is -2.32. The number of likely N-dealkylation sites (tertiary alicyclic amines) is 2. The summed E-state index contributed by atoms with van der Waals surface area (Å²) in [6, 6.07) is 18.3. The molecule has 274 valence electrons. The Hall–Kier alpha value is -4.22. The first-order valence-electron chi connectivity index (χ1n) is 17.8. The minimum atomic E-state index is 0.0181.